The van der Waals surface area contributed by atoms with Crippen LogP contribution in [-0.4, -0.2) is 37.5 Å². The third-order valence-corrected chi connectivity index (χ3v) is 10.2. The smallest absolute Gasteiger partial charge is 0.195 e. The van der Waals surface area contributed by atoms with E-state index in [1.807, 2.05) is 67.1 Å². The molecule has 0 aromatic heterocycles. The van der Waals surface area contributed by atoms with Gasteiger partial charge in [0.15, 0.2) is 7.29 Å². The molecule has 1 fully saturated rings. The minimum absolute atomic E-state index is 0. The Balaban J connectivity index is 0.00000289. The maximum absolute atomic E-state index is 14.5. The predicted octanol–water partition coefficient (Wildman–Crippen LogP) is 7.65. The van der Waals surface area contributed by atoms with Crippen LogP contribution in [0.1, 0.15) is 18.1 Å². The number of benzene rings is 3. The fourth-order valence-electron chi connectivity index (χ4n) is 4.42. The summed E-state index contributed by atoms with van der Waals surface area (Å²) in [5, 5.41) is 0. The van der Waals surface area contributed by atoms with Gasteiger partial charge in [0.2, 0.25) is 0 Å². The normalized spacial score (nSPS) is 17.7. The van der Waals surface area contributed by atoms with Crippen LogP contribution in [0.2, 0.25) is 0 Å². The summed E-state index contributed by atoms with van der Waals surface area (Å²) in [6, 6.07) is 28.8. The Labute approximate surface area is 218 Å². The molecule has 0 radical (unpaired) electrons. The average Bonchev–Trinajstić information content (AvgIpc) is 2.90. The molecule has 0 N–H and O–H groups in total. The van der Waals surface area contributed by atoms with E-state index < -0.39 is 7.29 Å². The van der Waals surface area contributed by atoms with Gasteiger partial charge in [-0.2, -0.15) is 0 Å². The Kier molecular flexibility index (Phi) is 8.46. The van der Waals surface area contributed by atoms with Crippen LogP contribution in [0.15, 0.2) is 96.6 Å². The highest BCUT2D eigenvalue weighted by Crippen LogP contribution is 2.63. The van der Waals surface area contributed by atoms with Crippen LogP contribution in [0.4, 0.5) is 5.69 Å². The molecule has 0 amide bonds. The number of halogens is 1. The van der Waals surface area contributed by atoms with Gasteiger partial charge in [-0.3, -0.25) is 4.57 Å². The Bertz CT molecular complexity index is 1180. The third kappa shape index (κ3) is 5.70. The minimum Gasteiger partial charge on any atom is -0.492 e. The van der Waals surface area contributed by atoms with Crippen molar-refractivity contribution in [2.75, 3.05) is 37.7 Å². The molecule has 1 saturated heterocycles. The lowest BCUT2D eigenvalue weighted by Gasteiger charge is -2.39. The van der Waals surface area contributed by atoms with Gasteiger partial charge in [-0.1, -0.05) is 84.6 Å². The van der Waals surface area contributed by atoms with Crippen molar-refractivity contribution in [1.29, 1.82) is 0 Å². The van der Waals surface area contributed by atoms with Crippen molar-refractivity contribution >= 4 is 47.0 Å². The van der Waals surface area contributed by atoms with E-state index in [-0.39, 0.29) is 12.4 Å². The maximum Gasteiger partial charge on any atom is 0.195 e. The minimum atomic E-state index is -2.84. The zero-order chi connectivity index (χ0) is 23.4. The Morgan fingerprint density at radius 3 is 1.83 bits per heavy atom. The van der Waals surface area contributed by atoms with E-state index in [0.29, 0.717) is 6.61 Å². The van der Waals surface area contributed by atoms with Gasteiger partial charge < -0.3 is 9.64 Å². The molecule has 0 saturated carbocycles. The van der Waals surface area contributed by atoms with Crippen molar-refractivity contribution < 1.29 is 9.30 Å². The molecular weight excluding hydrogens is 495 g/mol. The van der Waals surface area contributed by atoms with E-state index in [9.17, 15) is 4.57 Å². The van der Waals surface area contributed by atoms with Crippen molar-refractivity contribution in [2.45, 2.75) is 6.92 Å². The van der Waals surface area contributed by atoms with Crippen molar-refractivity contribution in [3.8, 4) is 5.75 Å². The molecule has 0 bridgehead atoms. The summed E-state index contributed by atoms with van der Waals surface area (Å²) in [4.78, 5) is 4.47. The highest BCUT2D eigenvalue weighted by atomic mass is 35.5. The van der Waals surface area contributed by atoms with Gasteiger partial charge in [-0.05, 0) is 30.2 Å². The Morgan fingerprint density at radius 2 is 1.29 bits per heavy atom. The molecule has 0 spiro atoms. The Hall–Kier alpha value is -2.43. The van der Waals surface area contributed by atoms with Crippen molar-refractivity contribution in [2.24, 2.45) is 0 Å². The van der Waals surface area contributed by atoms with Gasteiger partial charge in [0.25, 0.3) is 0 Å². The van der Waals surface area contributed by atoms with E-state index in [2.05, 4.69) is 46.0 Å². The first kappa shape index (κ1) is 25.7. The zero-order valence-electron chi connectivity index (χ0n) is 19.7. The van der Waals surface area contributed by atoms with Crippen LogP contribution in [0.3, 0.4) is 0 Å². The molecule has 0 unspecified atom stereocenters. The molecule has 5 rings (SSSR count). The van der Waals surface area contributed by atoms with Crippen LogP contribution >= 0.6 is 31.5 Å². The SMILES string of the molecule is CCOc1ccccc1N1CCN(P2(=O)C=C(c3ccccc3)SC(c3ccccc3)=C2)CC1.Cl. The monoisotopic (exact) mass is 524 g/mol. The van der Waals surface area contributed by atoms with Crippen molar-refractivity contribution in [1.82, 2.24) is 4.67 Å². The number of piperazine rings is 1. The molecular formula is C28H30ClN2O2PS. The standard InChI is InChI=1S/C28H29N2O2PS.ClH/c1-2-32-26-16-10-9-15-25(26)29-17-19-30(20-18-29)33(31)21-27(23-11-5-3-6-12-23)34-28(22-33)24-13-7-4-8-14-24;/h3-16,21-22H,2,17-20H2,1H3;1H. The van der Waals surface area contributed by atoms with E-state index in [1.54, 1.807) is 11.8 Å². The summed E-state index contributed by atoms with van der Waals surface area (Å²) >= 11 is 1.71. The second kappa shape index (κ2) is 11.5. The molecule has 2 heterocycles. The molecule has 2 aliphatic rings. The van der Waals surface area contributed by atoms with Gasteiger partial charge in [0.05, 0.1) is 12.3 Å². The molecule has 182 valence electrons. The van der Waals surface area contributed by atoms with Crippen molar-refractivity contribution in [3.63, 3.8) is 0 Å². The van der Waals surface area contributed by atoms with Crippen LogP contribution in [0.5, 0.6) is 5.75 Å². The van der Waals surface area contributed by atoms with Crippen LogP contribution in [0, 0.1) is 0 Å². The topological polar surface area (TPSA) is 32.8 Å². The van der Waals surface area contributed by atoms with E-state index in [4.69, 9.17) is 4.74 Å². The largest absolute Gasteiger partial charge is 0.492 e. The maximum atomic E-state index is 14.5. The predicted molar refractivity (Wildman–Crippen MR) is 153 cm³/mol. The second-order valence-electron chi connectivity index (χ2n) is 8.33. The van der Waals surface area contributed by atoms with Gasteiger partial charge in [0, 0.05) is 47.6 Å². The molecule has 4 nitrogen and oxygen atoms in total. The van der Waals surface area contributed by atoms with Gasteiger partial charge in [-0.25, -0.2) is 4.67 Å². The lowest BCUT2D eigenvalue weighted by Crippen LogP contribution is -2.44. The molecule has 0 atom stereocenters. The number of thioether (sulfide) groups is 1. The first-order chi connectivity index (χ1) is 16.7. The number of rotatable bonds is 6. The number of para-hydroxylation sites is 2. The second-order valence-corrected chi connectivity index (χ2v) is 11.8. The van der Waals surface area contributed by atoms with Crippen LogP contribution in [0.25, 0.3) is 9.81 Å². The first-order valence-electron chi connectivity index (χ1n) is 11.7. The van der Waals surface area contributed by atoms with E-state index in [1.165, 1.54) is 0 Å². The lowest BCUT2D eigenvalue weighted by molar-refractivity contribution is 0.337. The van der Waals surface area contributed by atoms with Crippen molar-refractivity contribution in [3.05, 3.63) is 108 Å². The van der Waals surface area contributed by atoms with Crippen LogP contribution in [-0.2, 0) is 4.57 Å². The van der Waals surface area contributed by atoms with Gasteiger partial charge in [-0.15, -0.1) is 12.4 Å². The molecule has 2 aliphatic heterocycles. The fourth-order valence-corrected chi connectivity index (χ4v) is 8.67. The molecule has 7 heteroatoms. The molecule has 3 aromatic carbocycles. The number of nitrogens with zero attached hydrogens (tertiary/aromatic N) is 2. The lowest BCUT2D eigenvalue weighted by atomic mass is 10.2. The number of hydrogen-bond acceptors (Lipinski definition) is 4. The summed E-state index contributed by atoms with van der Waals surface area (Å²) < 4.78 is 22.5. The molecule has 3 aromatic rings. The number of hydrogen-bond donors (Lipinski definition) is 0. The number of ether oxygens (including phenoxy) is 1. The van der Waals surface area contributed by atoms with E-state index in [0.717, 1.165) is 58.6 Å². The highest BCUT2D eigenvalue weighted by molar-refractivity contribution is 8.17. The quantitative estimate of drug-likeness (QED) is 0.309. The summed E-state index contributed by atoms with van der Waals surface area (Å²) in [6.45, 7) is 5.74. The summed E-state index contributed by atoms with van der Waals surface area (Å²) in [5.74, 6) is 4.95. The molecule has 0 aliphatic carbocycles. The highest BCUT2D eigenvalue weighted by Gasteiger charge is 2.34. The fraction of sp³-hybridized carbons (Fsp3) is 0.214. The average molecular weight is 525 g/mol. The first-order valence-corrected chi connectivity index (χ1v) is 14.3. The van der Waals surface area contributed by atoms with Crippen LogP contribution < -0.4 is 9.64 Å². The van der Waals surface area contributed by atoms with E-state index >= 15 is 0 Å². The number of anilines is 1. The zero-order valence-corrected chi connectivity index (χ0v) is 22.3. The van der Waals surface area contributed by atoms with Gasteiger partial charge >= 0.3 is 0 Å². The summed E-state index contributed by atoms with van der Waals surface area (Å²) in [5.41, 5.74) is 3.33. The van der Waals surface area contributed by atoms with Gasteiger partial charge in [0.1, 0.15) is 5.75 Å². The third-order valence-electron chi connectivity index (χ3n) is 6.14. The molecule has 35 heavy (non-hydrogen) atoms. The Morgan fingerprint density at radius 1 is 0.771 bits per heavy atom. The summed E-state index contributed by atoms with van der Waals surface area (Å²) in [7, 11) is -2.84. The summed E-state index contributed by atoms with van der Waals surface area (Å²) in [6.07, 6.45) is 0.